The summed E-state index contributed by atoms with van der Waals surface area (Å²) >= 11 is 0. The Morgan fingerprint density at radius 3 is 2.06 bits per heavy atom. The van der Waals surface area contributed by atoms with Crippen LogP contribution in [0.3, 0.4) is 0 Å². The molecule has 2 aromatic carbocycles. The molecule has 0 amide bonds. The highest BCUT2D eigenvalue weighted by Crippen LogP contribution is 2.27. The quantitative estimate of drug-likeness (QED) is 0.686. The topological polar surface area (TPSA) is 0 Å². The molecule has 0 fully saturated rings. The minimum absolute atomic E-state index is 1.17. The van der Waals surface area contributed by atoms with E-state index in [0.29, 0.717) is 0 Å². The van der Waals surface area contributed by atoms with Gasteiger partial charge in [0.1, 0.15) is 0 Å². The average molecular weight is 238 g/mol. The predicted molar refractivity (Wildman–Crippen MR) is 80.1 cm³/mol. The Morgan fingerprint density at radius 2 is 1.44 bits per heavy atom. The molecule has 0 aliphatic rings. The standard InChI is InChI=1S/C18H22/c1-5-6-16-8-10-17(11-9-16)18-12-7-13(2)14(3)15(18)4/h7-12H,5-6H2,1-4H3. The van der Waals surface area contributed by atoms with Gasteiger partial charge in [-0.3, -0.25) is 0 Å². The van der Waals surface area contributed by atoms with Crippen molar-refractivity contribution in [3.63, 3.8) is 0 Å². The van der Waals surface area contributed by atoms with Gasteiger partial charge in [0, 0.05) is 0 Å². The minimum atomic E-state index is 1.17. The lowest BCUT2D eigenvalue weighted by Crippen LogP contribution is -1.91. The van der Waals surface area contributed by atoms with Crippen LogP contribution in [0.2, 0.25) is 0 Å². The Balaban J connectivity index is 2.40. The van der Waals surface area contributed by atoms with Gasteiger partial charge in [-0.2, -0.15) is 0 Å². The van der Waals surface area contributed by atoms with Crippen molar-refractivity contribution in [3.05, 3.63) is 58.7 Å². The van der Waals surface area contributed by atoms with E-state index in [9.17, 15) is 0 Å². The van der Waals surface area contributed by atoms with Crippen molar-refractivity contribution in [2.45, 2.75) is 40.5 Å². The number of benzene rings is 2. The normalized spacial score (nSPS) is 10.7. The van der Waals surface area contributed by atoms with Crippen LogP contribution in [0.4, 0.5) is 0 Å². The summed E-state index contributed by atoms with van der Waals surface area (Å²) < 4.78 is 0. The molecule has 94 valence electrons. The smallest absolute Gasteiger partial charge is 0.0152 e. The molecule has 2 aromatic rings. The van der Waals surface area contributed by atoms with Gasteiger partial charge in [0.15, 0.2) is 0 Å². The third kappa shape index (κ3) is 2.48. The van der Waals surface area contributed by atoms with E-state index >= 15 is 0 Å². The molecule has 0 radical (unpaired) electrons. The van der Waals surface area contributed by atoms with E-state index in [1.165, 1.54) is 46.2 Å². The summed E-state index contributed by atoms with van der Waals surface area (Å²) in [7, 11) is 0. The molecule has 0 unspecified atom stereocenters. The Labute approximate surface area is 111 Å². The van der Waals surface area contributed by atoms with Crippen molar-refractivity contribution in [1.82, 2.24) is 0 Å². The Hall–Kier alpha value is -1.56. The van der Waals surface area contributed by atoms with Gasteiger partial charge in [-0.25, -0.2) is 0 Å². The summed E-state index contributed by atoms with van der Waals surface area (Å²) in [6.07, 6.45) is 2.38. The van der Waals surface area contributed by atoms with E-state index in [2.05, 4.69) is 64.1 Å². The largest absolute Gasteiger partial charge is 0.0651 e. The van der Waals surface area contributed by atoms with E-state index in [0.717, 1.165) is 0 Å². The van der Waals surface area contributed by atoms with Crippen molar-refractivity contribution >= 4 is 0 Å². The van der Waals surface area contributed by atoms with Crippen LogP contribution >= 0.6 is 0 Å². The molecule has 0 atom stereocenters. The first-order chi connectivity index (χ1) is 8.63. The van der Waals surface area contributed by atoms with Crippen LogP contribution < -0.4 is 0 Å². The first kappa shape index (κ1) is 12.9. The van der Waals surface area contributed by atoms with E-state index in [4.69, 9.17) is 0 Å². The number of aryl methyl sites for hydroxylation is 2. The van der Waals surface area contributed by atoms with Gasteiger partial charge < -0.3 is 0 Å². The van der Waals surface area contributed by atoms with Crippen molar-refractivity contribution in [3.8, 4) is 11.1 Å². The van der Waals surface area contributed by atoms with Crippen LogP contribution in [0.25, 0.3) is 11.1 Å². The van der Waals surface area contributed by atoms with Crippen LogP contribution in [0, 0.1) is 20.8 Å². The van der Waals surface area contributed by atoms with Crippen molar-refractivity contribution in [1.29, 1.82) is 0 Å². The van der Waals surface area contributed by atoms with Crippen molar-refractivity contribution in [2.24, 2.45) is 0 Å². The summed E-state index contributed by atoms with van der Waals surface area (Å²) in [4.78, 5) is 0. The zero-order valence-electron chi connectivity index (χ0n) is 11.9. The Morgan fingerprint density at radius 1 is 0.778 bits per heavy atom. The maximum absolute atomic E-state index is 2.26. The SMILES string of the molecule is CCCc1ccc(-c2ccc(C)c(C)c2C)cc1. The molecular weight excluding hydrogens is 216 g/mol. The molecule has 2 rings (SSSR count). The first-order valence-corrected chi connectivity index (χ1v) is 6.79. The second-order valence-electron chi connectivity index (χ2n) is 5.13. The maximum atomic E-state index is 2.26. The van der Waals surface area contributed by atoms with E-state index in [-0.39, 0.29) is 0 Å². The zero-order chi connectivity index (χ0) is 13.1. The highest BCUT2D eigenvalue weighted by molar-refractivity contribution is 5.69. The predicted octanol–water partition coefficient (Wildman–Crippen LogP) is 5.23. The lowest BCUT2D eigenvalue weighted by Gasteiger charge is -2.12. The summed E-state index contributed by atoms with van der Waals surface area (Å²) in [5.41, 5.74) is 8.31. The van der Waals surface area contributed by atoms with Gasteiger partial charge in [0.05, 0.1) is 0 Å². The summed E-state index contributed by atoms with van der Waals surface area (Å²) in [5.74, 6) is 0. The highest BCUT2D eigenvalue weighted by Gasteiger charge is 2.05. The van der Waals surface area contributed by atoms with Gasteiger partial charge in [-0.05, 0) is 60.6 Å². The maximum Gasteiger partial charge on any atom is -0.0152 e. The summed E-state index contributed by atoms with van der Waals surface area (Å²) in [6, 6.07) is 13.5. The zero-order valence-corrected chi connectivity index (χ0v) is 11.9. The number of rotatable bonds is 3. The van der Waals surface area contributed by atoms with E-state index in [1.807, 2.05) is 0 Å². The Bertz CT molecular complexity index is 533. The molecule has 0 saturated heterocycles. The fraction of sp³-hybridized carbons (Fsp3) is 0.333. The van der Waals surface area contributed by atoms with Crippen molar-refractivity contribution in [2.75, 3.05) is 0 Å². The van der Waals surface area contributed by atoms with Gasteiger partial charge in [-0.15, -0.1) is 0 Å². The molecule has 0 heteroatoms. The molecule has 0 bridgehead atoms. The third-order valence-electron chi connectivity index (χ3n) is 3.86. The van der Waals surface area contributed by atoms with Crippen molar-refractivity contribution < 1.29 is 0 Å². The molecule has 0 saturated carbocycles. The Kier molecular flexibility index (Phi) is 3.86. The molecule has 0 aromatic heterocycles. The summed E-state index contributed by atoms with van der Waals surface area (Å²) in [6.45, 7) is 8.83. The van der Waals surface area contributed by atoms with Gasteiger partial charge in [0.2, 0.25) is 0 Å². The molecule has 0 N–H and O–H groups in total. The molecule has 0 heterocycles. The molecule has 0 nitrogen and oxygen atoms in total. The van der Waals surface area contributed by atoms with Crippen LogP contribution in [-0.2, 0) is 6.42 Å². The van der Waals surface area contributed by atoms with Gasteiger partial charge in [-0.1, -0.05) is 49.7 Å². The molecular formula is C18H22. The second-order valence-corrected chi connectivity index (χ2v) is 5.13. The second kappa shape index (κ2) is 5.39. The van der Waals surface area contributed by atoms with E-state index in [1.54, 1.807) is 0 Å². The van der Waals surface area contributed by atoms with Gasteiger partial charge >= 0.3 is 0 Å². The average Bonchev–Trinajstić information content (AvgIpc) is 2.38. The third-order valence-corrected chi connectivity index (χ3v) is 3.86. The number of hydrogen-bond donors (Lipinski definition) is 0. The summed E-state index contributed by atoms with van der Waals surface area (Å²) in [5, 5.41) is 0. The minimum Gasteiger partial charge on any atom is -0.0651 e. The molecule has 0 aliphatic carbocycles. The van der Waals surface area contributed by atoms with E-state index < -0.39 is 0 Å². The van der Waals surface area contributed by atoms with Gasteiger partial charge in [0.25, 0.3) is 0 Å². The van der Waals surface area contributed by atoms with Crippen LogP contribution in [0.1, 0.15) is 35.6 Å². The molecule has 0 aliphatic heterocycles. The van der Waals surface area contributed by atoms with Crippen LogP contribution in [0.15, 0.2) is 36.4 Å². The highest BCUT2D eigenvalue weighted by atomic mass is 14.1. The number of hydrogen-bond acceptors (Lipinski definition) is 0. The fourth-order valence-corrected chi connectivity index (χ4v) is 2.41. The lowest BCUT2D eigenvalue weighted by molar-refractivity contribution is 0.922. The lowest BCUT2D eigenvalue weighted by atomic mass is 9.93. The van der Waals surface area contributed by atoms with Crippen LogP contribution in [-0.4, -0.2) is 0 Å². The monoisotopic (exact) mass is 238 g/mol. The molecule has 0 spiro atoms. The fourth-order valence-electron chi connectivity index (χ4n) is 2.41. The van der Waals surface area contributed by atoms with Crippen LogP contribution in [0.5, 0.6) is 0 Å². The first-order valence-electron chi connectivity index (χ1n) is 6.79. The molecule has 18 heavy (non-hydrogen) atoms.